The van der Waals surface area contributed by atoms with Crippen LogP contribution < -0.4 is 14.4 Å². The first-order valence-corrected chi connectivity index (χ1v) is 12.7. The van der Waals surface area contributed by atoms with Crippen LogP contribution in [0.4, 0.5) is 5.69 Å². The number of anilines is 1. The molecule has 2 aromatic carbocycles. The Morgan fingerprint density at radius 3 is 2.24 bits per heavy atom. The zero-order chi connectivity index (χ0) is 24.6. The number of hydrogen-bond acceptors (Lipinski definition) is 5. The normalized spacial score (nSPS) is 12.0. The summed E-state index contributed by atoms with van der Waals surface area (Å²) in [5.74, 6) is -0.426. The van der Waals surface area contributed by atoms with Gasteiger partial charge in [-0.15, -0.1) is 0 Å². The fraction of sp³-hybridized carbons (Fsp3) is 0.417. The van der Waals surface area contributed by atoms with Crippen molar-refractivity contribution in [2.45, 2.75) is 39.8 Å². The minimum absolute atomic E-state index is 0.179. The number of nitrogens with zero attached hydrogens (tertiary/aromatic N) is 2. The number of carbonyl (C=O) groups excluding carboxylic acids is 2. The molecule has 8 nitrogen and oxygen atoms in total. The summed E-state index contributed by atoms with van der Waals surface area (Å²) in [4.78, 5) is 27.8. The zero-order valence-electron chi connectivity index (χ0n) is 19.9. The first kappa shape index (κ1) is 26.2. The topological polar surface area (TPSA) is 96.0 Å². The van der Waals surface area contributed by atoms with E-state index in [0.29, 0.717) is 18.7 Å². The highest BCUT2D eigenvalue weighted by Crippen LogP contribution is 2.29. The Labute approximate surface area is 196 Å². The van der Waals surface area contributed by atoms with Gasteiger partial charge >= 0.3 is 0 Å². The van der Waals surface area contributed by atoms with Gasteiger partial charge in [0.1, 0.15) is 18.3 Å². The van der Waals surface area contributed by atoms with Crippen LogP contribution in [0.15, 0.2) is 48.5 Å². The number of sulfonamides is 1. The molecule has 9 heteroatoms. The number of nitrogens with one attached hydrogen (secondary N) is 1. The lowest BCUT2D eigenvalue weighted by atomic mass is 10.1. The Bertz CT molecular complexity index is 1050. The Morgan fingerprint density at radius 2 is 1.70 bits per heavy atom. The van der Waals surface area contributed by atoms with Crippen LogP contribution in [0.5, 0.6) is 5.75 Å². The predicted molar refractivity (Wildman–Crippen MR) is 130 cm³/mol. The van der Waals surface area contributed by atoms with Crippen LogP contribution in [-0.4, -0.2) is 57.6 Å². The predicted octanol–water partition coefficient (Wildman–Crippen LogP) is 2.71. The summed E-state index contributed by atoms with van der Waals surface area (Å²) in [5.41, 5.74) is 2.18. The van der Waals surface area contributed by atoms with Gasteiger partial charge in [0.05, 0.1) is 19.1 Å². The second-order valence-corrected chi connectivity index (χ2v) is 9.67. The third-order valence-corrected chi connectivity index (χ3v) is 6.37. The molecule has 0 saturated heterocycles. The van der Waals surface area contributed by atoms with Gasteiger partial charge in [-0.3, -0.25) is 13.9 Å². The molecular formula is C24H33N3O5S. The summed E-state index contributed by atoms with van der Waals surface area (Å²) in [6, 6.07) is 13.5. The number of carbonyl (C=O) groups is 2. The Hall–Kier alpha value is -3.07. The van der Waals surface area contributed by atoms with Crippen LogP contribution in [0, 0.1) is 6.92 Å². The van der Waals surface area contributed by atoms with E-state index in [4.69, 9.17) is 4.74 Å². The quantitative estimate of drug-likeness (QED) is 0.539. The standard InChI is InChI=1S/C24H33N3O5S/c1-6-20(24(29)25-7-2)26(16-19-14-12-18(3)13-15-19)23(28)17-27(33(5,30)31)21-10-8-9-11-22(21)32-4/h8-15,20H,6-7,16-17H2,1-5H3,(H,25,29)/t20-/m0/s1. The minimum Gasteiger partial charge on any atom is -0.495 e. The van der Waals surface area contributed by atoms with Crippen LogP contribution in [0.25, 0.3) is 0 Å². The zero-order valence-corrected chi connectivity index (χ0v) is 20.7. The van der Waals surface area contributed by atoms with Crippen LogP contribution in [0.3, 0.4) is 0 Å². The highest BCUT2D eigenvalue weighted by Gasteiger charge is 2.32. The molecule has 0 aliphatic carbocycles. The molecule has 1 N–H and O–H groups in total. The third kappa shape index (κ3) is 6.95. The second-order valence-electron chi connectivity index (χ2n) is 7.77. The van der Waals surface area contributed by atoms with Crippen molar-refractivity contribution in [3.63, 3.8) is 0 Å². The maximum Gasteiger partial charge on any atom is 0.244 e. The van der Waals surface area contributed by atoms with Gasteiger partial charge in [0.25, 0.3) is 0 Å². The van der Waals surface area contributed by atoms with E-state index in [9.17, 15) is 18.0 Å². The molecule has 2 rings (SSSR count). The molecule has 0 unspecified atom stereocenters. The van der Waals surface area contributed by atoms with Crippen molar-refractivity contribution in [3.8, 4) is 5.75 Å². The lowest BCUT2D eigenvalue weighted by Crippen LogP contribution is -2.52. The van der Waals surface area contributed by atoms with E-state index in [1.165, 1.54) is 12.0 Å². The molecule has 0 fully saturated rings. The Morgan fingerprint density at radius 1 is 1.06 bits per heavy atom. The Balaban J connectivity index is 2.46. The molecule has 0 heterocycles. The number of para-hydroxylation sites is 2. The van der Waals surface area contributed by atoms with Crippen molar-refractivity contribution in [1.82, 2.24) is 10.2 Å². The molecular weight excluding hydrogens is 442 g/mol. The fourth-order valence-corrected chi connectivity index (χ4v) is 4.39. The molecule has 1 atom stereocenters. The smallest absolute Gasteiger partial charge is 0.244 e. The van der Waals surface area contributed by atoms with Gasteiger partial charge in [-0.1, -0.05) is 48.9 Å². The van der Waals surface area contributed by atoms with Gasteiger partial charge in [0, 0.05) is 13.1 Å². The summed E-state index contributed by atoms with van der Waals surface area (Å²) < 4.78 is 31.6. The van der Waals surface area contributed by atoms with Crippen molar-refractivity contribution in [2.75, 3.05) is 30.8 Å². The van der Waals surface area contributed by atoms with E-state index in [0.717, 1.165) is 21.7 Å². The maximum atomic E-state index is 13.6. The SMILES string of the molecule is CCNC(=O)[C@H](CC)N(Cc1ccc(C)cc1)C(=O)CN(c1ccccc1OC)S(C)(=O)=O. The lowest BCUT2D eigenvalue weighted by molar-refractivity contribution is -0.140. The molecule has 0 aliphatic heterocycles. The number of hydrogen-bond donors (Lipinski definition) is 1. The number of methoxy groups -OCH3 is 1. The lowest BCUT2D eigenvalue weighted by Gasteiger charge is -2.33. The van der Waals surface area contributed by atoms with Crippen LogP contribution in [0.1, 0.15) is 31.4 Å². The van der Waals surface area contributed by atoms with E-state index < -0.39 is 28.5 Å². The molecule has 180 valence electrons. The summed E-state index contributed by atoms with van der Waals surface area (Å²) in [7, 11) is -2.38. The number of likely N-dealkylation sites (N-methyl/N-ethyl adjacent to an activating group) is 1. The van der Waals surface area contributed by atoms with Crippen molar-refractivity contribution >= 4 is 27.5 Å². The van der Waals surface area contributed by atoms with Crippen molar-refractivity contribution in [3.05, 3.63) is 59.7 Å². The van der Waals surface area contributed by atoms with E-state index >= 15 is 0 Å². The van der Waals surface area contributed by atoms with Crippen LogP contribution >= 0.6 is 0 Å². The molecule has 0 aromatic heterocycles. The number of benzene rings is 2. The van der Waals surface area contributed by atoms with Crippen molar-refractivity contribution < 1.29 is 22.7 Å². The largest absolute Gasteiger partial charge is 0.495 e. The van der Waals surface area contributed by atoms with Gasteiger partial charge in [-0.2, -0.15) is 0 Å². The molecule has 0 bridgehead atoms. The summed E-state index contributed by atoms with van der Waals surface area (Å²) in [5, 5.41) is 2.78. The third-order valence-electron chi connectivity index (χ3n) is 5.24. The van der Waals surface area contributed by atoms with Crippen LogP contribution in [-0.2, 0) is 26.2 Å². The highest BCUT2D eigenvalue weighted by molar-refractivity contribution is 7.92. The summed E-state index contributed by atoms with van der Waals surface area (Å²) in [6.07, 6.45) is 1.43. The molecule has 33 heavy (non-hydrogen) atoms. The van der Waals surface area contributed by atoms with Crippen molar-refractivity contribution in [2.24, 2.45) is 0 Å². The van der Waals surface area contributed by atoms with Gasteiger partial charge in [-0.05, 0) is 38.0 Å². The minimum atomic E-state index is -3.82. The van der Waals surface area contributed by atoms with Gasteiger partial charge in [-0.25, -0.2) is 8.42 Å². The molecule has 0 aliphatic rings. The maximum absolute atomic E-state index is 13.6. The number of aryl methyl sites for hydroxylation is 1. The molecule has 0 saturated carbocycles. The molecule has 2 aromatic rings. The summed E-state index contributed by atoms with van der Waals surface area (Å²) >= 11 is 0. The first-order chi connectivity index (χ1) is 15.6. The highest BCUT2D eigenvalue weighted by atomic mass is 32.2. The second kappa shape index (κ2) is 11.7. The summed E-state index contributed by atoms with van der Waals surface area (Å²) in [6.45, 7) is 5.75. The van der Waals surface area contributed by atoms with E-state index in [-0.39, 0.29) is 18.1 Å². The molecule has 0 spiro atoms. The Kier molecular flexibility index (Phi) is 9.28. The number of amides is 2. The molecule has 2 amide bonds. The van der Waals surface area contributed by atoms with Crippen LogP contribution in [0.2, 0.25) is 0 Å². The first-order valence-electron chi connectivity index (χ1n) is 10.9. The van der Waals surface area contributed by atoms with E-state index in [2.05, 4.69) is 5.32 Å². The van der Waals surface area contributed by atoms with E-state index in [1.807, 2.05) is 45.0 Å². The van der Waals surface area contributed by atoms with Gasteiger partial charge in [0.15, 0.2) is 0 Å². The monoisotopic (exact) mass is 475 g/mol. The average molecular weight is 476 g/mol. The van der Waals surface area contributed by atoms with Crippen molar-refractivity contribution in [1.29, 1.82) is 0 Å². The number of ether oxygens (including phenoxy) is 1. The van der Waals surface area contributed by atoms with Gasteiger partial charge in [0.2, 0.25) is 21.8 Å². The van der Waals surface area contributed by atoms with Gasteiger partial charge < -0.3 is 15.0 Å². The fourth-order valence-electron chi connectivity index (χ4n) is 3.53. The number of rotatable bonds is 11. The van der Waals surface area contributed by atoms with E-state index in [1.54, 1.807) is 24.3 Å². The average Bonchev–Trinajstić information content (AvgIpc) is 2.78. The molecule has 0 radical (unpaired) electrons.